The van der Waals surface area contributed by atoms with E-state index in [1.165, 1.54) is 0 Å². The van der Waals surface area contributed by atoms with Gasteiger partial charge >= 0.3 is 0 Å². The number of hydrogen-bond acceptors (Lipinski definition) is 3. The molecule has 0 unspecified atom stereocenters. The van der Waals surface area contributed by atoms with Crippen LogP contribution in [0.2, 0.25) is 5.02 Å². The van der Waals surface area contributed by atoms with E-state index in [-0.39, 0.29) is 30.9 Å². The molecule has 2 N–H and O–H groups in total. The smallest absolute Gasteiger partial charge is 0.123 e. The molecule has 0 radical (unpaired) electrons. The van der Waals surface area contributed by atoms with Crippen LogP contribution < -0.4 is 5.32 Å². The van der Waals surface area contributed by atoms with Gasteiger partial charge in [0.25, 0.3) is 0 Å². The van der Waals surface area contributed by atoms with E-state index in [0.29, 0.717) is 10.8 Å². The van der Waals surface area contributed by atoms with Gasteiger partial charge in [-0.2, -0.15) is 0 Å². The molecule has 0 amide bonds. The molecule has 1 atom stereocenters. The molecule has 126 valence electrons. The molecule has 1 aliphatic heterocycles. The number of hydrogen-bond donors (Lipinski definition) is 2. The van der Waals surface area contributed by atoms with Gasteiger partial charge in [-0.05, 0) is 38.0 Å². The first-order valence-corrected chi connectivity index (χ1v) is 7.45. The fourth-order valence-electron chi connectivity index (χ4n) is 2.78. The first-order chi connectivity index (χ1) is 9.49. The number of nitrogens with one attached hydrogen (secondary N) is 1. The van der Waals surface area contributed by atoms with Gasteiger partial charge in [-0.15, -0.1) is 31.4 Å². The number of rotatable bonds is 4. The minimum absolute atomic E-state index is 0. The quantitative estimate of drug-likeness (QED) is 0.786. The molecular weight excluding hydrogens is 343 g/mol. The maximum atomic E-state index is 10.4. The predicted molar refractivity (Wildman–Crippen MR) is 99.0 cm³/mol. The molecule has 0 bridgehead atoms. The van der Waals surface area contributed by atoms with Gasteiger partial charge < -0.3 is 10.4 Å². The van der Waals surface area contributed by atoms with Crippen molar-refractivity contribution >= 4 is 36.4 Å². The summed E-state index contributed by atoms with van der Waals surface area (Å²) in [4.78, 5) is 2.40. The average molecular weight is 368 g/mol. The standard InChI is InChI=1S/C16H23ClN2O.2ClH/c1-11(2)8-15(19-6-4-18-5-7-19)14-10-13(17)9-12(3)16(14)20;;/h9-10,15,18,20H,1,4-8H2,2-3H3;2*1H/t15-;;/m0../s1. The monoisotopic (exact) mass is 366 g/mol. The van der Waals surface area contributed by atoms with Crippen molar-refractivity contribution in [2.24, 2.45) is 0 Å². The van der Waals surface area contributed by atoms with Crippen LogP contribution in [0.3, 0.4) is 0 Å². The van der Waals surface area contributed by atoms with E-state index in [2.05, 4.69) is 16.8 Å². The van der Waals surface area contributed by atoms with Gasteiger partial charge in [-0.1, -0.05) is 17.2 Å². The maximum Gasteiger partial charge on any atom is 0.123 e. The van der Waals surface area contributed by atoms with Crippen LogP contribution in [-0.4, -0.2) is 36.2 Å². The van der Waals surface area contributed by atoms with Crippen molar-refractivity contribution in [3.63, 3.8) is 0 Å². The Morgan fingerprint density at radius 3 is 2.50 bits per heavy atom. The minimum atomic E-state index is 0. The molecule has 1 aliphatic rings. The van der Waals surface area contributed by atoms with Gasteiger partial charge in [0.05, 0.1) is 0 Å². The largest absolute Gasteiger partial charge is 0.507 e. The highest BCUT2D eigenvalue weighted by atomic mass is 35.5. The van der Waals surface area contributed by atoms with E-state index >= 15 is 0 Å². The van der Waals surface area contributed by atoms with Crippen molar-refractivity contribution in [1.82, 2.24) is 10.2 Å². The molecule has 0 aliphatic carbocycles. The summed E-state index contributed by atoms with van der Waals surface area (Å²) in [5.41, 5.74) is 2.86. The summed E-state index contributed by atoms with van der Waals surface area (Å²) in [5.74, 6) is 0.360. The summed E-state index contributed by atoms with van der Waals surface area (Å²) >= 11 is 6.18. The molecule has 6 heteroatoms. The Morgan fingerprint density at radius 1 is 1.36 bits per heavy atom. The molecule has 3 nitrogen and oxygen atoms in total. The SMILES string of the molecule is C=C(C)C[C@@H](c1cc(Cl)cc(C)c1O)N1CCNCC1.Cl.Cl. The Balaban J connectivity index is 0.00000220. The average Bonchev–Trinajstić information content (AvgIpc) is 2.41. The van der Waals surface area contributed by atoms with E-state index in [1.54, 1.807) is 6.07 Å². The van der Waals surface area contributed by atoms with Gasteiger partial charge in [0.15, 0.2) is 0 Å². The third kappa shape index (κ3) is 5.32. The Kier molecular flexibility index (Phi) is 9.44. The highest BCUT2D eigenvalue weighted by molar-refractivity contribution is 6.30. The number of nitrogens with zero attached hydrogens (tertiary/aromatic N) is 1. The summed E-state index contributed by atoms with van der Waals surface area (Å²) in [6.45, 7) is 11.9. The van der Waals surface area contributed by atoms with E-state index < -0.39 is 0 Å². The van der Waals surface area contributed by atoms with Crippen LogP contribution in [0.5, 0.6) is 5.75 Å². The second kappa shape index (κ2) is 9.64. The summed E-state index contributed by atoms with van der Waals surface area (Å²) in [6.07, 6.45) is 0.841. The lowest BCUT2D eigenvalue weighted by molar-refractivity contribution is 0.170. The molecule has 2 rings (SSSR count). The Bertz CT molecular complexity index is 502. The van der Waals surface area contributed by atoms with Crippen molar-refractivity contribution in [2.45, 2.75) is 26.3 Å². The molecule has 1 fully saturated rings. The number of phenolic OH excluding ortho intramolecular Hbond substituents is 1. The van der Waals surface area contributed by atoms with Crippen LogP contribution >= 0.6 is 36.4 Å². The third-order valence-corrected chi connectivity index (χ3v) is 4.01. The summed E-state index contributed by atoms with van der Waals surface area (Å²) in [6, 6.07) is 3.84. The van der Waals surface area contributed by atoms with Crippen LogP contribution in [0.25, 0.3) is 0 Å². The molecule has 22 heavy (non-hydrogen) atoms. The van der Waals surface area contributed by atoms with Gasteiger partial charge in [0, 0.05) is 42.8 Å². The second-order valence-corrected chi connectivity index (χ2v) is 6.06. The van der Waals surface area contributed by atoms with E-state index in [0.717, 1.165) is 49.3 Å². The van der Waals surface area contributed by atoms with Gasteiger partial charge in [0.1, 0.15) is 5.75 Å². The zero-order valence-electron chi connectivity index (χ0n) is 13.1. The summed E-state index contributed by atoms with van der Waals surface area (Å²) in [5, 5.41) is 14.4. The van der Waals surface area contributed by atoms with Crippen LogP contribution in [0, 0.1) is 6.92 Å². The van der Waals surface area contributed by atoms with Crippen LogP contribution in [0.1, 0.15) is 30.5 Å². The lowest BCUT2D eigenvalue weighted by atomic mass is 9.95. The Labute approximate surface area is 150 Å². The molecular formula is C16H25Cl3N2O. The number of phenols is 1. The number of benzene rings is 1. The van der Waals surface area contributed by atoms with E-state index in [9.17, 15) is 5.11 Å². The van der Waals surface area contributed by atoms with Gasteiger partial charge in [-0.25, -0.2) is 0 Å². The number of piperazine rings is 1. The van der Waals surface area contributed by atoms with E-state index in [4.69, 9.17) is 11.6 Å². The Morgan fingerprint density at radius 2 is 1.95 bits per heavy atom. The van der Waals surface area contributed by atoms with Crippen LogP contribution in [-0.2, 0) is 0 Å². The number of aromatic hydroxyl groups is 1. The Hall–Kier alpha value is -0.450. The maximum absolute atomic E-state index is 10.4. The van der Waals surface area contributed by atoms with Crippen LogP contribution in [0.15, 0.2) is 24.3 Å². The van der Waals surface area contributed by atoms with Gasteiger partial charge in [-0.3, -0.25) is 4.90 Å². The van der Waals surface area contributed by atoms with E-state index in [1.807, 2.05) is 19.9 Å². The highest BCUT2D eigenvalue weighted by Gasteiger charge is 2.25. The first kappa shape index (κ1) is 21.6. The molecule has 0 saturated carbocycles. The zero-order valence-corrected chi connectivity index (χ0v) is 15.5. The lowest BCUT2D eigenvalue weighted by Gasteiger charge is -2.36. The topological polar surface area (TPSA) is 35.5 Å². The summed E-state index contributed by atoms with van der Waals surface area (Å²) in [7, 11) is 0. The first-order valence-electron chi connectivity index (χ1n) is 7.07. The van der Waals surface area contributed by atoms with Crippen molar-refractivity contribution in [3.8, 4) is 5.75 Å². The molecule has 1 aromatic rings. The fraction of sp³-hybridized carbons (Fsp3) is 0.500. The molecule has 1 aromatic carbocycles. The third-order valence-electron chi connectivity index (χ3n) is 3.79. The molecule has 1 saturated heterocycles. The number of aryl methyl sites for hydroxylation is 1. The zero-order chi connectivity index (χ0) is 14.7. The van der Waals surface area contributed by atoms with Crippen molar-refractivity contribution in [1.29, 1.82) is 0 Å². The molecule has 0 aromatic heterocycles. The number of halogens is 3. The van der Waals surface area contributed by atoms with Gasteiger partial charge in [0.2, 0.25) is 0 Å². The van der Waals surface area contributed by atoms with Crippen molar-refractivity contribution in [3.05, 3.63) is 40.4 Å². The van der Waals surface area contributed by atoms with Crippen molar-refractivity contribution < 1.29 is 5.11 Å². The highest BCUT2D eigenvalue weighted by Crippen LogP contribution is 2.37. The second-order valence-electron chi connectivity index (χ2n) is 5.62. The lowest BCUT2D eigenvalue weighted by Crippen LogP contribution is -2.45. The summed E-state index contributed by atoms with van der Waals surface area (Å²) < 4.78 is 0. The van der Waals surface area contributed by atoms with Crippen LogP contribution in [0.4, 0.5) is 0 Å². The van der Waals surface area contributed by atoms with Crippen molar-refractivity contribution in [2.75, 3.05) is 26.2 Å². The minimum Gasteiger partial charge on any atom is -0.507 e. The molecule has 1 heterocycles. The molecule has 0 spiro atoms. The fourth-order valence-corrected chi connectivity index (χ4v) is 3.06. The normalized spacial score (nSPS) is 16.3. The predicted octanol–water partition coefficient (Wildman–Crippen LogP) is 4.11.